The number of benzene rings is 2. The van der Waals surface area contributed by atoms with Gasteiger partial charge in [-0.05, 0) is 18.2 Å². The van der Waals surface area contributed by atoms with Gasteiger partial charge >= 0.3 is 0 Å². The van der Waals surface area contributed by atoms with E-state index in [0.29, 0.717) is 5.82 Å². The van der Waals surface area contributed by atoms with Crippen LogP contribution in [0.3, 0.4) is 0 Å². The number of hydrogen-bond acceptors (Lipinski definition) is 4. The molecule has 0 aliphatic heterocycles. The third kappa shape index (κ3) is 2.83. The highest BCUT2D eigenvalue weighted by Crippen LogP contribution is 2.21. The van der Waals surface area contributed by atoms with Crippen LogP contribution in [0.15, 0.2) is 54.9 Å². The number of fused-ring (bicyclic) bond motifs is 1. The summed E-state index contributed by atoms with van der Waals surface area (Å²) in [6.07, 6.45) is 0.514. The number of aliphatic hydroxyl groups excluding tert-OH is 1. The molecule has 3 aromatic rings. The molecular weight excluding hydrogens is 269 g/mol. The fourth-order valence-corrected chi connectivity index (χ4v) is 2.19. The predicted molar refractivity (Wildman–Crippen MR) is 79.4 cm³/mol. The molecule has 106 valence electrons. The number of aliphatic hydroxyl groups is 1. The zero-order valence-electron chi connectivity index (χ0n) is 11.2. The first-order valence-electron chi connectivity index (χ1n) is 6.62. The molecule has 0 saturated heterocycles. The topological polar surface area (TPSA) is 58.0 Å². The third-order valence-corrected chi connectivity index (χ3v) is 3.27. The van der Waals surface area contributed by atoms with Gasteiger partial charge in [0.2, 0.25) is 0 Å². The standard InChI is InChI=1S/C16H14FN3O/c17-13-7-3-1-5-11(13)15(21)9-18-16-12-6-2-4-8-14(12)19-10-20-16/h1-8,10,15,21H,9H2,(H,18,19,20)/t15-/m1/s1. The highest BCUT2D eigenvalue weighted by atomic mass is 19.1. The number of anilines is 1. The molecule has 0 radical (unpaired) electrons. The lowest BCUT2D eigenvalue weighted by Gasteiger charge is -2.14. The first-order chi connectivity index (χ1) is 10.3. The summed E-state index contributed by atoms with van der Waals surface area (Å²) in [6, 6.07) is 13.8. The minimum Gasteiger partial charge on any atom is -0.386 e. The molecule has 1 aromatic heterocycles. The summed E-state index contributed by atoms with van der Waals surface area (Å²) in [5, 5.41) is 14.0. The summed E-state index contributed by atoms with van der Waals surface area (Å²) in [5.74, 6) is 0.204. The van der Waals surface area contributed by atoms with E-state index < -0.39 is 11.9 Å². The van der Waals surface area contributed by atoms with Crippen molar-refractivity contribution in [1.29, 1.82) is 0 Å². The van der Waals surface area contributed by atoms with E-state index in [-0.39, 0.29) is 12.1 Å². The Morgan fingerprint density at radius 3 is 2.67 bits per heavy atom. The van der Waals surface area contributed by atoms with Gasteiger partial charge in [0.15, 0.2) is 0 Å². The van der Waals surface area contributed by atoms with E-state index >= 15 is 0 Å². The average molecular weight is 283 g/mol. The molecule has 2 aromatic carbocycles. The van der Waals surface area contributed by atoms with Crippen molar-refractivity contribution in [2.24, 2.45) is 0 Å². The molecule has 2 N–H and O–H groups in total. The van der Waals surface area contributed by atoms with Crippen LogP contribution in [0.2, 0.25) is 0 Å². The van der Waals surface area contributed by atoms with Crippen molar-refractivity contribution in [3.8, 4) is 0 Å². The minimum absolute atomic E-state index is 0.169. The summed E-state index contributed by atoms with van der Waals surface area (Å²) in [7, 11) is 0. The van der Waals surface area contributed by atoms with Gasteiger partial charge in [-0.1, -0.05) is 30.3 Å². The number of para-hydroxylation sites is 1. The lowest BCUT2D eigenvalue weighted by Crippen LogP contribution is -2.14. The van der Waals surface area contributed by atoms with Gasteiger partial charge in [-0.25, -0.2) is 14.4 Å². The number of nitrogens with zero attached hydrogens (tertiary/aromatic N) is 2. The molecule has 1 heterocycles. The molecule has 0 fully saturated rings. The normalized spacial score (nSPS) is 12.3. The Kier molecular flexibility index (Phi) is 3.75. The Morgan fingerprint density at radius 2 is 1.81 bits per heavy atom. The van der Waals surface area contributed by atoms with Crippen molar-refractivity contribution in [3.05, 3.63) is 66.2 Å². The fraction of sp³-hybridized carbons (Fsp3) is 0.125. The summed E-state index contributed by atoms with van der Waals surface area (Å²) in [5.41, 5.74) is 1.08. The Hall–Kier alpha value is -2.53. The minimum atomic E-state index is -0.945. The second-order valence-corrected chi connectivity index (χ2v) is 4.66. The number of aromatic nitrogens is 2. The largest absolute Gasteiger partial charge is 0.386 e. The van der Waals surface area contributed by atoms with Crippen LogP contribution < -0.4 is 5.32 Å². The smallest absolute Gasteiger partial charge is 0.137 e. The van der Waals surface area contributed by atoms with E-state index in [1.807, 2.05) is 24.3 Å². The monoisotopic (exact) mass is 283 g/mol. The first-order valence-corrected chi connectivity index (χ1v) is 6.62. The van der Waals surface area contributed by atoms with Crippen LogP contribution in [0, 0.1) is 5.82 Å². The van der Waals surface area contributed by atoms with Gasteiger partial charge in [0.25, 0.3) is 0 Å². The number of nitrogens with one attached hydrogen (secondary N) is 1. The van der Waals surface area contributed by atoms with E-state index in [1.165, 1.54) is 12.4 Å². The van der Waals surface area contributed by atoms with Gasteiger partial charge in [-0.3, -0.25) is 0 Å². The Morgan fingerprint density at radius 1 is 1.05 bits per heavy atom. The summed E-state index contributed by atoms with van der Waals surface area (Å²) in [4.78, 5) is 8.34. The van der Waals surface area contributed by atoms with Crippen molar-refractivity contribution < 1.29 is 9.50 Å². The molecule has 5 heteroatoms. The molecule has 21 heavy (non-hydrogen) atoms. The summed E-state index contributed by atoms with van der Waals surface area (Å²) < 4.78 is 13.6. The van der Waals surface area contributed by atoms with Crippen LogP contribution >= 0.6 is 0 Å². The molecule has 0 bridgehead atoms. The Bertz CT molecular complexity index is 758. The Labute approximate surface area is 121 Å². The van der Waals surface area contributed by atoms with Crippen molar-refractivity contribution in [2.45, 2.75) is 6.10 Å². The average Bonchev–Trinajstić information content (AvgIpc) is 2.53. The molecule has 0 amide bonds. The second kappa shape index (κ2) is 5.85. The molecule has 3 rings (SSSR count). The quantitative estimate of drug-likeness (QED) is 0.773. The number of rotatable bonds is 4. The van der Waals surface area contributed by atoms with Gasteiger partial charge < -0.3 is 10.4 Å². The summed E-state index contributed by atoms with van der Waals surface area (Å²) >= 11 is 0. The molecule has 1 atom stereocenters. The first kappa shape index (κ1) is 13.5. The van der Waals surface area contributed by atoms with Gasteiger partial charge in [0.1, 0.15) is 18.0 Å². The second-order valence-electron chi connectivity index (χ2n) is 4.66. The number of hydrogen-bond donors (Lipinski definition) is 2. The van der Waals surface area contributed by atoms with Gasteiger partial charge in [0.05, 0.1) is 11.6 Å². The van der Waals surface area contributed by atoms with E-state index in [1.54, 1.807) is 18.2 Å². The number of halogens is 1. The maximum atomic E-state index is 13.6. The highest BCUT2D eigenvalue weighted by Gasteiger charge is 2.12. The van der Waals surface area contributed by atoms with Crippen LogP contribution in [-0.2, 0) is 0 Å². The van der Waals surface area contributed by atoms with Crippen LogP contribution in [0.5, 0.6) is 0 Å². The van der Waals surface area contributed by atoms with Crippen molar-refractivity contribution in [3.63, 3.8) is 0 Å². The lowest BCUT2D eigenvalue weighted by molar-refractivity contribution is 0.186. The maximum absolute atomic E-state index is 13.6. The van der Waals surface area contributed by atoms with Gasteiger partial charge in [-0.15, -0.1) is 0 Å². The molecular formula is C16H14FN3O. The van der Waals surface area contributed by atoms with Crippen LogP contribution in [-0.4, -0.2) is 21.6 Å². The van der Waals surface area contributed by atoms with Gasteiger partial charge in [-0.2, -0.15) is 0 Å². The van der Waals surface area contributed by atoms with E-state index in [4.69, 9.17) is 0 Å². The molecule has 0 saturated carbocycles. The fourth-order valence-electron chi connectivity index (χ4n) is 2.19. The molecule has 0 aliphatic rings. The molecule has 0 unspecified atom stereocenters. The lowest BCUT2D eigenvalue weighted by atomic mass is 10.1. The van der Waals surface area contributed by atoms with E-state index in [9.17, 15) is 9.50 Å². The third-order valence-electron chi connectivity index (χ3n) is 3.27. The van der Waals surface area contributed by atoms with Crippen LogP contribution in [0.4, 0.5) is 10.2 Å². The predicted octanol–water partition coefficient (Wildman–Crippen LogP) is 2.91. The Balaban J connectivity index is 1.79. The van der Waals surface area contributed by atoms with Crippen molar-refractivity contribution >= 4 is 16.7 Å². The summed E-state index contributed by atoms with van der Waals surface area (Å²) in [6.45, 7) is 0.169. The van der Waals surface area contributed by atoms with E-state index in [2.05, 4.69) is 15.3 Å². The van der Waals surface area contributed by atoms with Gasteiger partial charge in [0, 0.05) is 17.5 Å². The zero-order valence-corrected chi connectivity index (χ0v) is 11.2. The molecule has 0 spiro atoms. The van der Waals surface area contributed by atoms with Crippen molar-refractivity contribution in [2.75, 3.05) is 11.9 Å². The molecule has 0 aliphatic carbocycles. The molecule has 4 nitrogen and oxygen atoms in total. The SMILES string of the molecule is O[C@H](CNc1ncnc2ccccc12)c1ccccc1F. The van der Waals surface area contributed by atoms with Crippen LogP contribution in [0.25, 0.3) is 10.9 Å². The van der Waals surface area contributed by atoms with E-state index in [0.717, 1.165) is 10.9 Å². The van der Waals surface area contributed by atoms with Crippen molar-refractivity contribution in [1.82, 2.24) is 9.97 Å². The maximum Gasteiger partial charge on any atom is 0.137 e. The highest BCUT2D eigenvalue weighted by molar-refractivity contribution is 5.88. The van der Waals surface area contributed by atoms with Crippen LogP contribution in [0.1, 0.15) is 11.7 Å². The zero-order chi connectivity index (χ0) is 14.7.